The summed E-state index contributed by atoms with van der Waals surface area (Å²) < 4.78 is 0. The Morgan fingerprint density at radius 2 is 1.77 bits per heavy atom. The lowest BCUT2D eigenvalue weighted by molar-refractivity contribution is -0.144. The first kappa shape index (κ1) is 15.3. The summed E-state index contributed by atoms with van der Waals surface area (Å²) in [6.07, 6.45) is 4.91. The summed E-state index contributed by atoms with van der Waals surface area (Å²) in [7, 11) is 0. The highest BCUT2D eigenvalue weighted by molar-refractivity contribution is 6.30. The Balaban J connectivity index is 1.73. The summed E-state index contributed by atoms with van der Waals surface area (Å²) in [5.74, 6) is -1.30. The van der Waals surface area contributed by atoms with E-state index in [4.69, 9.17) is 11.6 Å². The third kappa shape index (κ3) is 2.84. The van der Waals surface area contributed by atoms with Crippen molar-refractivity contribution in [1.82, 2.24) is 5.32 Å². The van der Waals surface area contributed by atoms with E-state index in [-0.39, 0.29) is 11.9 Å². The zero-order valence-electron chi connectivity index (χ0n) is 12.3. The van der Waals surface area contributed by atoms with Crippen molar-refractivity contribution in [1.29, 1.82) is 0 Å². The molecule has 0 heterocycles. The number of hydrogen-bond donors (Lipinski definition) is 2. The summed E-state index contributed by atoms with van der Waals surface area (Å²) in [5.41, 5.74) is 0.488. The van der Waals surface area contributed by atoms with Crippen LogP contribution in [0.3, 0.4) is 0 Å². The molecule has 3 rings (SSSR count). The van der Waals surface area contributed by atoms with E-state index in [0.29, 0.717) is 11.4 Å². The molecule has 0 bridgehead atoms. The second kappa shape index (κ2) is 5.92. The number of aliphatic carboxylic acids is 1. The summed E-state index contributed by atoms with van der Waals surface area (Å²) >= 11 is 5.91. The lowest BCUT2D eigenvalue weighted by atomic mass is 9.83. The second-order valence-corrected chi connectivity index (χ2v) is 6.83. The van der Waals surface area contributed by atoms with Crippen molar-refractivity contribution in [3.05, 3.63) is 34.9 Å². The number of carbonyl (C=O) groups is 2. The molecule has 2 atom stereocenters. The van der Waals surface area contributed by atoms with E-state index in [9.17, 15) is 14.7 Å². The van der Waals surface area contributed by atoms with Crippen molar-refractivity contribution >= 4 is 23.5 Å². The van der Waals surface area contributed by atoms with Crippen LogP contribution in [0.4, 0.5) is 0 Å². The van der Waals surface area contributed by atoms with Crippen LogP contribution in [0.1, 0.15) is 44.1 Å². The van der Waals surface area contributed by atoms with Gasteiger partial charge >= 0.3 is 5.97 Å². The van der Waals surface area contributed by atoms with E-state index in [1.807, 2.05) is 12.1 Å². The van der Waals surface area contributed by atoms with Gasteiger partial charge in [0.1, 0.15) is 0 Å². The molecule has 0 unspecified atom stereocenters. The van der Waals surface area contributed by atoms with Crippen molar-refractivity contribution in [2.45, 2.75) is 50.0 Å². The van der Waals surface area contributed by atoms with Crippen LogP contribution in [-0.2, 0) is 15.0 Å². The molecule has 1 aromatic rings. The van der Waals surface area contributed by atoms with E-state index in [1.165, 1.54) is 0 Å². The van der Waals surface area contributed by atoms with Crippen molar-refractivity contribution in [3.8, 4) is 0 Å². The monoisotopic (exact) mass is 321 g/mol. The van der Waals surface area contributed by atoms with E-state index >= 15 is 0 Å². The largest absolute Gasteiger partial charge is 0.481 e. The van der Waals surface area contributed by atoms with E-state index in [1.54, 1.807) is 12.1 Å². The molecule has 2 aliphatic carbocycles. The smallest absolute Gasteiger partial charge is 0.308 e. The highest BCUT2D eigenvalue weighted by atomic mass is 35.5. The lowest BCUT2D eigenvalue weighted by Gasteiger charge is -2.30. The number of rotatable bonds is 4. The number of nitrogens with one attached hydrogen (secondary N) is 1. The first-order chi connectivity index (χ1) is 10.5. The Labute approximate surface area is 134 Å². The van der Waals surface area contributed by atoms with Crippen LogP contribution in [0.5, 0.6) is 0 Å². The van der Waals surface area contributed by atoms with Gasteiger partial charge in [0, 0.05) is 11.1 Å². The fourth-order valence-corrected chi connectivity index (χ4v) is 3.57. The first-order valence-electron chi connectivity index (χ1n) is 7.83. The van der Waals surface area contributed by atoms with Crippen molar-refractivity contribution in [2.75, 3.05) is 0 Å². The molecule has 0 saturated heterocycles. The second-order valence-electron chi connectivity index (χ2n) is 6.40. The number of benzene rings is 1. The SMILES string of the molecule is O=C(O)[C@H]1CCCC[C@@H]1NC(=O)C1(c2ccc(Cl)cc2)CC1. The molecule has 2 aliphatic rings. The molecule has 1 aromatic carbocycles. The Morgan fingerprint density at radius 1 is 1.14 bits per heavy atom. The minimum atomic E-state index is -0.804. The molecule has 5 heteroatoms. The molecular weight excluding hydrogens is 302 g/mol. The molecule has 22 heavy (non-hydrogen) atoms. The third-order valence-corrected chi connectivity index (χ3v) is 5.23. The Morgan fingerprint density at radius 3 is 2.36 bits per heavy atom. The van der Waals surface area contributed by atoms with Gasteiger partial charge in [-0.3, -0.25) is 9.59 Å². The topological polar surface area (TPSA) is 66.4 Å². The average molecular weight is 322 g/mol. The van der Waals surface area contributed by atoms with Crippen LogP contribution in [0, 0.1) is 5.92 Å². The van der Waals surface area contributed by atoms with E-state index in [2.05, 4.69) is 5.32 Å². The molecule has 0 aromatic heterocycles. The van der Waals surface area contributed by atoms with Gasteiger partial charge in [0.2, 0.25) is 5.91 Å². The number of amides is 1. The summed E-state index contributed by atoms with van der Waals surface area (Å²) in [4.78, 5) is 24.1. The summed E-state index contributed by atoms with van der Waals surface area (Å²) in [5, 5.41) is 13.0. The maximum Gasteiger partial charge on any atom is 0.308 e. The highest BCUT2D eigenvalue weighted by Gasteiger charge is 2.52. The van der Waals surface area contributed by atoms with Crippen LogP contribution in [0.25, 0.3) is 0 Å². The normalized spacial score (nSPS) is 26.2. The maximum absolute atomic E-state index is 12.7. The van der Waals surface area contributed by atoms with Crippen molar-refractivity contribution < 1.29 is 14.7 Å². The maximum atomic E-state index is 12.7. The van der Waals surface area contributed by atoms with Crippen LogP contribution in [0.2, 0.25) is 5.02 Å². The fourth-order valence-electron chi connectivity index (χ4n) is 3.45. The van der Waals surface area contributed by atoms with Gasteiger partial charge in [0.25, 0.3) is 0 Å². The Kier molecular flexibility index (Phi) is 4.13. The summed E-state index contributed by atoms with van der Waals surface area (Å²) in [6.45, 7) is 0. The van der Waals surface area contributed by atoms with Crippen LogP contribution < -0.4 is 5.32 Å². The third-order valence-electron chi connectivity index (χ3n) is 4.98. The van der Waals surface area contributed by atoms with Gasteiger partial charge in [-0.05, 0) is 43.4 Å². The van der Waals surface area contributed by atoms with Gasteiger partial charge in [-0.1, -0.05) is 36.6 Å². The Bertz CT molecular complexity index is 580. The van der Waals surface area contributed by atoms with Crippen molar-refractivity contribution in [3.63, 3.8) is 0 Å². The number of carbonyl (C=O) groups excluding carboxylic acids is 1. The number of halogens is 1. The fraction of sp³-hybridized carbons (Fsp3) is 0.529. The zero-order chi connectivity index (χ0) is 15.7. The molecule has 2 saturated carbocycles. The Hall–Kier alpha value is -1.55. The summed E-state index contributed by atoms with van der Waals surface area (Å²) in [6, 6.07) is 7.13. The van der Waals surface area contributed by atoms with Gasteiger partial charge in [0.05, 0.1) is 11.3 Å². The minimum Gasteiger partial charge on any atom is -0.481 e. The van der Waals surface area contributed by atoms with Crippen LogP contribution >= 0.6 is 11.6 Å². The van der Waals surface area contributed by atoms with Gasteiger partial charge < -0.3 is 10.4 Å². The molecule has 0 radical (unpaired) electrons. The lowest BCUT2D eigenvalue weighted by Crippen LogP contribution is -2.48. The molecule has 1 amide bonds. The number of hydrogen-bond acceptors (Lipinski definition) is 2. The van der Waals surface area contributed by atoms with Gasteiger partial charge in [0.15, 0.2) is 0 Å². The number of carboxylic acids is 1. The minimum absolute atomic E-state index is 0.0343. The van der Waals surface area contributed by atoms with Crippen molar-refractivity contribution in [2.24, 2.45) is 5.92 Å². The van der Waals surface area contributed by atoms with E-state index < -0.39 is 17.3 Å². The van der Waals surface area contributed by atoms with Gasteiger partial charge in [-0.25, -0.2) is 0 Å². The number of carboxylic acid groups (broad SMARTS) is 1. The molecule has 118 valence electrons. The standard InChI is InChI=1S/C17H20ClNO3/c18-12-7-5-11(6-8-12)17(9-10-17)16(22)19-14-4-2-1-3-13(14)15(20)21/h5-8,13-14H,1-4,9-10H2,(H,19,22)(H,20,21)/t13-,14-/m0/s1. The zero-order valence-corrected chi connectivity index (χ0v) is 13.1. The van der Waals surface area contributed by atoms with Crippen LogP contribution in [-0.4, -0.2) is 23.0 Å². The van der Waals surface area contributed by atoms with Crippen LogP contribution in [0.15, 0.2) is 24.3 Å². The molecule has 0 aliphatic heterocycles. The van der Waals surface area contributed by atoms with Gasteiger partial charge in [-0.2, -0.15) is 0 Å². The quantitative estimate of drug-likeness (QED) is 0.895. The molecule has 2 fully saturated rings. The molecule has 0 spiro atoms. The van der Waals surface area contributed by atoms with E-state index in [0.717, 1.165) is 37.7 Å². The van der Waals surface area contributed by atoms with Gasteiger partial charge in [-0.15, -0.1) is 0 Å². The highest BCUT2D eigenvalue weighted by Crippen LogP contribution is 2.49. The average Bonchev–Trinajstić information content (AvgIpc) is 3.30. The predicted octanol–water partition coefficient (Wildman–Crippen LogP) is 3.13. The molecule has 2 N–H and O–H groups in total. The molecular formula is C17H20ClNO3. The predicted molar refractivity (Wildman–Crippen MR) is 83.9 cm³/mol. The first-order valence-corrected chi connectivity index (χ1v) is 8.20. The molecule has 4 nitrogen and oxygen atoms in total.